The normalized spacial score (nSPS) is 12.0. The van der Waals surface area contributed by atoms with Crippen molar-refractivity contribution in [2.24, 2.45) is 4.99 Å². The van der Waals surface area contributed by atoms with Crippen LogP contribution in [-0.2, 0) is 17.8 Å². The van der Waals surface area contributed by atoms with Crippen molar-refractivity contribution in [3.63, 3.8) is 0 Å². The number of hydrogen-bond acceptors (Lipinski definition) is 4. The topological polar surface area (TPSA) is 76.4 Å². The molecule has 0 unspecified atom stereocenters. The van der Waals surface area contributed by atoms with Gasteiger partial charge in [-0.25, -0.2) is 4.99 Å². The Balaban J connectivity index is 0.00000400. The first kappa shape index (κ1) is 20.1. The molecule has 0 spiro atoms. The highest BCUT2D eigenvalue weighted by Crippen LogP contribution is 2.04. The second-order valence-corrected chi connectivity index (χ2v) is 5.05. The van der Waals surface area contributed by atoms with Crippen molar-refractivity contribution in [1.29, 1.82) is 0 Å². The zero-order chi connectivity index (χ0) is 15.0. The fourth-order valence-electron chi connectivity index (χ4n) is 1.53. The van der Waals surface area contributed by atoms with Gasteiger partial charge in [0.15, 0.2) is 11.8 Å². The molecule has 122 valence electrons. The lowest BCUT2D eigenvalue weighted by Gasteiger charge is -2.24. The molecule has 0 atom stereocenters. The fourth-order valence-corrected chi connectivity index (χ4v) is 1.53. The van der Waals surface area contributed by atoms with Crippen LogP contribution in [0.15, 0.2) is 11.3 Å². The van der Waals surface area contributed by atoms with E-state index in [-0.39, 0.29) is 29.6 Å². The summed E-state index contributed by atoms with van der Waals surface area (Å²) < 4.78 is 7.36. The number of nitrogens with one attached hydrogen (secondary N) is 2. The zero-order valence-electron chi connectivity index (χ0n) is 13.5. The van der Waals surface area contributed by atoms with E-state index in [1.165, 1.54) is 0 Å². The molecule has 0 amide bonds. The number of nitrogens with zero attached hydrogens (tertiary/aromatic N) is 4. The summed E-state index contributed by atoms with van der Waals surface area (Å²) in [4.78, 5) is 4.52. The fraction of sp³-hybridized carbons (Fsp3) is 0.769. The van der Waals surface area contributed by atoms with Gasteiger partial charge >= 0.3 is 0 Å². The SMILES string of the molecule is CCNC(=NCc1nncn1CC)NCC(C)(C)OC.I. The van der Waals surface area contributed by atoms with Gasteiger partial charge in [-0.3, -0.25) is 0 Å². The minimum atomic E-state index is -0.236. The average molecular weight is 410 g/mol. The van der Waals surface area contributed by atoms with Crippen molar-refractivity contribution in [3.05, 3.63) is 12.2 Å². The van der Waals surface area contributed by atoms with E-state index in [0.29, 0.717) is 13.1 Å². The first-order valence-corrected chi connectivity index (χ1v) is 6.96. The Labute approximate surface area is 144 Å². The van der Waals surface area contributed by atoms with Crippen LogP contribution in [0.2, 0.25) is 0 Å². The Bertz CT molecular complexity index is 432. The van der Waals surface area contributed by atoms with Gasteiger partial charge in [-0.1, -0.05) is 0 Å². The van der Waals surface area contributed by atoms with Crippen molar-refractivity contribution in [1.82, 2.24) is 25.4 Å². The number of aliphatic imine (C=N–C) groups is 1. The second-order valence-electron chi connectivity index (χ2n) is 5.05. The lowest BCUT2D eigenvalue weighted by atomic mass is 10.1. The number of hydrogen-bond donors (Lipinski definition) is 2. The third-order valence-electron chi connectivity index (χ3n) is 2.99. The van der Waals surface area contributed by atoms with E-state index >= 15 is 0 Å². The number of aryl methyl sites for hydroxylation is 1. The number of guanidine groups is 1. The molecule has 0 bridgehead atoms. The van der Waals surface area contributed by atoms with Crippen LogP contribution in [0.1, 0.15) is 33.5 Å². The summed E-state index contributed by atoms with van der Waals surface area (Å²) in [7, 11) is 1.70. The largest absolute Gasteiger partial charge is 0.377 e. The number of methoxy groups -OCH3 is 1. The predicted molar refractivity (Wildman–Crippen MR) is 95.0 cm³/mol. The Morgan fingerprint density at radius 2 is 2.10 bits per heavy atom. The number of ether oxygens (including phenoxy) is 1. The minimum Gasteiger partial charge on any atom is -0.377 e. The predicted octanol–water partition coefficient (Wildman–Crippen LogP) is 1.40. The molecular weight excluding hydrogens is 383 g/mol. The maximum atomic E-state index is 5.38. The monoisotopic (exact) mass is 410 g/mol. The van der Waals surface area contributed by atoms with Gasteiger partial charge in [-0.05, 0) is 27.7 Å². The summed E-state index contributed by atoms with van der Waals surface area (Å²) in [6, 6.07) is 0. The standard InChI is InChI=1S/C13H26N6O.HI/c1-6-14-12(16-9-13(3,4)20-5)15-8-11-18-17-10-19(11)7-2;/h10H,6-9H2,1-5H3,(H2,14,15,16);1H. The van der Waals surface area contributed by atoms with E-state index in [2.05, 4.69) is 32.7 Å². The van der Waals surface area contributed by atoms with Gasteiger partial charge in [0.25, 0.3) is 0 Å². The van der Waals surface area contributed by atoms with Crippen LogP contribution in [-0.4, -0.2) is 46.5 Å². The highest BCUT2D eigenvalue weighted by atomic mass is 127. The Morgan fingerprint density at radius 3 is 2.67 bits per heavy atom. The van der Waals surface area contributed by atoms with Gasteiger partial charge < -0.3 is 19.9 Å². The molecule has 21 heavy (non-hydrogen) atoms. The molecule has 0 aliphatic heterocycles. The van der Waals surface area contributed by atoms with Crippen LogP contribution in [0.25, 0.3) is 0 Å². The summed E-state index contributed by atoms with van der Waals surface area (Å²) in [5, 5.41) is 14.4. The van der Waals surface area contributed by atoms with Crippen LogP contribution >= 0.6 is 24.0 Å². The first-order valence-electron chi connectivity index (χ1n) is 6.96. The van der Waals surface area contributed by atoms with Gasteiger partial charge in [-0.2, -0.15) is 0 Å². The summed E-state index contributed by atoms with van der Waals surface area (Å²) >= 11 is 0. The smallest absolute Gasteiger partial charge is 0.191 e. The first-order chi connectivity index (χ1) is 9.52. The molecule has 2 N–H and O–H groups in total. The summed E-state index contributed by atoms with van der Waals surface area (Å²) in [6.07, 6.45) is 1.72. The molecule has 1 rings (SSSR count). The zero-order valence-corrected chi connectivity index (χ0v) is 15.8. The van der Waals surface area contributed by atoms with Crippen LogP contribution in [0.3, 0.4) is 0 Å². The van der Waals surface area contributed by atoms with E-state index in [1.807, 2.05) is 25.3 Å². The summed E-state index contributed by atoms with van der Waals surface area (Å²) in [6.45, 7) is 11.0. The molecule has 0 fully saturated rings. The number of halogens is 1. The minimum absolute atomic E-state index is 0. The van der Waals surface area contributed by atoms with Crippen molar-refractivity contribution in [3.8, 4) is 0 Å². The highest BCUT2D eigenvalue weighted by Gasteiger charge is 2.16. The maximum absolute atomic E-state index is 5.38. The van der Waals surface area contributed by atoms with Gasteiger partial charge in [-0.15, -0.1) is 34.2 Å². The van der Waals surface area contributed by atoms with E-state index in [0.717, 1.165) is 24.9 Å². The van der Waals surface area contributed by atoms with E-state index in [1.54, 1.807) is 13.4 Å². The Morgan fingerprint density at radius 1 is 1.38 bits per heavy atom. The van der Waals surface area contributed by atoms with Gasteiger partial charge in [0.05, 0.1) is 5.60 Å². The van der Waals surface area contributed by atoms with E-state index < -0.39 is 0 Å². The number of aromatic nitrogens is 3. The molecule has 0 saturated carbocycles. The molecule has 0 aromatic carbocycles. The maximum Gasteiger partial charge on any atom is 0.191 e. The molecular formula is C13H27IN6O. The molecule has 0 radical (unpaired) electrons. The number of rotatable bonds is 7. The second kappa shape index (κ2) is 9.93. The molecule has 8 heteroatoms. The molecule has 1 aromatic heterocycles. The van der Waals surface area contributed by atoms with Crippen LogP contribution in [0.5, 0.6) is 0 Å². The van der Waals surface area contributed by atoms with Crippen molar-refractivity contribution in [2.45, 2.75) is 46.4 Å². The van der Waals surface area contributed by atoms with Gasteiger partial charge in [0, 0.05) is 26.7 Å². The lowest BCUT2D eigenvalue weighted by Crippen LogP contribution is -2.45. The van der Waals surface area contributed by atoms with E-state index in [4.69, 9.17) is 4.74 Å². The molecule has 1 heterocycles. The van der Waals surface area contributed by atoms with E-state index in [9.17, 15) is 0 Å². The van der Waals surface area contributed by atoms with Crippen LogP contribution in [0, 0.1) is 0 Å². The quantitative estimate of drug-likeness (QED) is 0.404. The Hall–Kier alpha value is -0.900. The summed E-state index contributed by atoms with van der Waals surface area (Å²) in [5.74, 6) is 1.61. The van der Waals surface area contributed by atoms with Crippen LogP contribution < -0.4 is 10.6 Å². The molecule has 0 saturated heterocycles. The summed E-state index contributed by atoms with van der Waals surface area (Å²) in [5.41, 5.74) is -0.236. The molecule has 0 aliphatic carbocycles. The average Bonchev–Trinajstić information content (AvgIpc) is 2.89. The third-order valence-corrected chi connectivity index (χ3v) is 2.99. The van der Waals surface area contributed by atoms with Crippen molar-refractivity contribution >= 4 is 29.9 Å². The molecule has 7 nitrogen and oxygen atoms in total. The van der Waals surface area contributed by atoms with Crippen molar-refractivity contribution < 1.29 is 4.74 Å². The third kappa shape index (κ3) is 7.07. The van der Waals surface area contributed by atoms with Crippen molar-refractivity contribution in [2.75, 3.05) is 20.2 Å². The van der Waals surface area contributed by atoms with Gasteiger partial charge in [0.1, 0.15) is 12.9 Å². The van der Waals surface area contributed by atoms with Crippen LogP contribution in [0.4, 0.5) is 0 Å². The molecule has 0 aliphatic rings. The molecule has 1 aromatic rings. The Kier molecular flexibility index (Phi) is 9.51. The lowest BCUT2D eigenvalue weighted by molar-refractivity contribution is 0.0268. The van der Waals surface area contributed by atoms with Gasteiger partial charge in [0.2, 0.25) is 0 Å². The highest BCUT2D eigenvalue weighted by molar-refractivity contribution is 14.0.